The molecule has 0 bridgehead atoms. The van der Waals surface area contributed by atoms with Crippen LogP contribution in [-0.4, -0.2) is 40.7 Å². The zero-order valence-electron chi connectivity index (χ0n) is 18.8. The molecule has 2 amide bonds. The van der Waals surface area contributed by atoms with Gasteiger partial charge in [0.25, 0.3) is 5.91 Å². The summed E-state index contributed by atoms with van der Waals surface area (Å²) >= 11 is 0.975. The van der Waals surface area contributed by atoms with Gasteiger partial charge in [0.15, 0.2) is 5.13 Å². The third-order valence-electron chi connectivity index (χ3n) is 5.74. The van der Waals surface area contributed by atoms with Crippen molar-refractivity contribution in [1.29, 1.82) is 0 Å². The summed E-state index contributed by atoms with van der Waals surface area (Å²) < 4.78 is 5.52. The number of aromatic nitrogens is 1. The fourth-order valence-electron chi connectivity index (χ4n) is 4.15. The molecule has 1 aliphatic rings. The summed E-state index contributed by atoms with van der Waals surface area (Å²) in [7, 11) is 0. The van der Waals surface area contributed by atoms with E-state index in [1.807, 2.05) is 43.3 Å². The van der Waals surface area contributed by atoms with Gasteiger partial charge < -0.3 is 15.2 Å². The van der Waals surface area contributed by atoms with Crippen molar-refractivity contribution < 1.29 is 24.2 Å². The number of hydrogen-bond acceptors (Lipinski definition) is 6. The van der Waals surface area contributed by atoms with E-state index in [-0.39, 0.29) is 22.5 Å². The van der Waals surface area contributed by atoms with Crippen LogP contribution in [0.25, 0.3) is 11.1 Å². The van der Waals surface area contributed by atoms with Crippen LogP contribution in [0.3, 0.4) is 0 Å². The van der Waals surface area contributed by atoms with Gasteiger partial charge in [0.1, 0.15) is 17.5 Å². The van der Waals surface area contributed by atoms with Crippen molar-refractivity contribution in [3.8, 4) is 11.1 Å². The van der Waals surface area contributed by atoms with Gasteiger partial charge in [0, 0.05) is 5.92 Å². The highest BCUT2D eigenvalue weighted by molar-refractivity contribution is 7.17. The second kappa shape index (κ2) is 10.0. The van der Waals surface area contributed by atoms with Gasteiger partial charge in [-0.3, -0.25) is 10.1 Å². The van der Waals surface area contributed by atoms with Gasteiger partial charge >= 0.3 is 12.1 Å². The molecular formula is C25H25N3O5S. The maximum Gasteiger partial charge on any atom is 0.413 e. The molecule has 1 atom stereocenters. The van der Waals surface area contributed by atoms with Crippen LogP contribution < -0.4 is 10.6 Å². The van der Waals surface area contributed by atoms with Crippen molar-refractivity contribution in [3.63, 3.8) is 0 Å². The molecule has 176 valence electrons. The Hall–Kier alpha value is -3.72. The van der Waals surface area contributed by atoms with Gasteiger partial charge in [-0.15, -0.1) is 0 Å². The van der Waals surface area contributed by atoms with Gasteiger partial charge in [-0.25, -0.2) is 14.6 Å². The Morgan fingerprint density at radius 3 is 2.29 bits per heavy atom. The average Bonchev–Trinajstić information content (AvgIpc) is 3.34. The number of nitrogens with zero attached hydrogens (tertiary/aromatic N) is 1. The molecule has 2 aromatic carbocycles. The van der Waals surface area contributed by atoms with Gasteiger partial charge in [0.2, 0.25) is 0 Å². The molecule has 1 unspecified atom stereocenters. The first kappa shape index (κ1) is 23.4. The van der Waals surface area contributed by atoms with Crippen LogP contribution in [0, 0.1) is 6.92 Å². The van der Waals surface area contributed by atoms with Crippen LogP contribution >= 0.6 is 11.3 Å². The number of ether oxygens (including phenoxy) is 1. The molecule has 0 fully saturated rings. The number of amides is 2. The van der Waals surface area contributed by atoms with Crippen molar-refractivity contribution in [1.82, 2.24) is 10.3 Å². The number of benzene rings is 2. The monoisotopic (exact) mass is 479 g/mol. The van der Waals surface area contributed by atoms with E-state index in [0.717, 1.165) is 33.6 Å². The van der Waals surface area contributed by atoms with Crippen LogP contribution in [0.1, 0.15) is 52.2 Å². The van der Waals surface area contributed by atoms with Crippen molar-refractivity contribution in [2.45, 2.75) is 38.6 Å². The third kappa shape index (κ3) is 4.79. The lowest BCUT2D eigenvalue weighted by atomic mass is 9.98. The highest BCUT2D eigenvalue weighted by atomic mass is 32.1. The Labute approximate surface area is 201 Å². The van der Waals surface area contributed by atoms with Crippen LogP contribution in [0.5, 0.6) is 0 Å². The molecule has 1 aliphatic carbocycles. The minimum Gasteiger partial charge on any atom is -0.480 e. The lowest BCUT2D eigenvalue weighted by molar-refractivity contribution is -0.139. The van der Waals surface area contributed by atoms with Crippen LogP contribution in [0.2, 0.25) is 0 Å². The number of anilines is 1. The van der Waals surface area contributed by atoms with Crippen LogP contribution in [-0.2, 0) is 9.53 Å². The lowest BCUT2D eigenvalue weighted by Crippen LogP contribution is -2.40. The Morgan fingerprint density at radius 1 is 1.09 bits per heavy atom. The number of rotatable bonds is 8. The first-order chi connectivity index (χ1) is 16.4. The lowest BCUT2D eigenvalue weighted by Gasteiger charge is -2.14. The number of fused-ring (bicyclic) bond motifs is 3. The number of aliphatic carboxylic acids is 1. The van der Waals surface area contributed by atoms with Crippen LogP contribution in [0.4, 0.5) is 9.93 Å². The molecule has 8 nitrogen and oxygen atoms in total. The third-order valence-corrected chi connectivity index (χ3v) is 6.81. The molecular weight excluding hydrogens is 454 g/mol. The first-order valence-corrected chi connectivity index (χ1v) is 11.8. The number of hydrogen-bond donors (Lipinski definition) is 3. The quantitative estimate of drug-likeness (QED) is 0.427. The molecule has 9 heteroatoms. The van der Waals surface area contributed by atoms with Gasteiger partial charge in [-0.05, 0) is 35.6 Å². The Kier molecular flexibility index (Phi) is 6.93. The molecule has 4 rings (SSSR count). The zero-order valence-corrected chi connectivity index (χ0v) is 19.6. The summed E-state index contributed by atoms with van der Waals surface area (Å²) in [5, 5.41) is 14.6. The van der Waals surface area contributed by atoms with E-state index in [4.69, 9.17) is 4.74 Å². The number of carboxylic acid groups (broad SMARTS) is 1. The summed E-state index contributed by atoms with van der Waals surface area (Å²) in [6.45, 7) is 3.63. The second-order valence-electron chi connectivity index (χ2n) is 8.04. The highest BCUT2D eigenvalue weighted by Gasteiger charge is 2.29. The summed E-state index contributed by atoms with van der Waals surface area (Å²) in [4.78, 5) is 40.8. The van der Waals surface area contributed by atoms with E-state index in [9.17, 15) is 19.5 Å². The second-order valence-corrected chi connectivity index (χ2v) is 9.04. The Balaban J connectivity index is 1.40. The summed E-state index contributed by atoms with van der Waals surface area (Å²) in [5.41, 5.74) is 4.90. The Bertz CT molecular complexity index is 1190. The summed E-state index contributed by atoms with van der Waals surface area (Å²) in [6.07, 6.45) is 0.272. The minimum atomic E-state index is -1.09. The van der Waals surface area contributed by atoms with Crippen molar-refractivity contribution in [2.24, 2.45) is 0 Å². The largest absolute Gasteiger partial charge is 0.480 e. The molecule has 3 N–H and O–H groups in total. The van der Waals surface area contributed by atoms with Gasteiger partial charge in [0.05, 0.1) is 5.69 Å². The first-order valence-electron chi connectivity index (χ1n) is 11.0. The van der Waals surface area contributed by atoms with Gasteiger partial charge in [-0.1, -0.05) is 73.2 Å². The summed E-state index contributed by atoms with van der Waals surface area (Å²) in [6, 6.07) is 15.2. The smallest absolute Gasteiger partial charge is 0.413 e. The number of aryl methyl sites for hydroxylation is 1. The summed E-state index contributed by atoms with van der Waals surface area (Å²) in [5.74, 6) is -1.69. The maximum atomic E-state index is 12.5. The number of thiazole rings is 1. The molecule has 1 aromatic heterocycles. The topological polar surface area (TPSA) is 118 Å². The fourth-order valence-corrected chi connectivity index (χ4v) is 5.01. The zero-order chi connectivity index (χ0) is 24.2. The molecule has 1 heterocycles. The van der Waals surface area contributed by atoms with Crippen molar-refractivity contribution in [2.75, 3.05) is 11.9 Å². The fraction of sp³-hybridized carbons (Fsp3) is 0.280. The van der Waals surface area contributed by atoms with E-state index in [0.29, 0.717) is 18.5 Å². The van der Waals surface area contributed by atoms with E-state index in [2.05, 4.69) is 27.8 Å². The molecule has 0 spiro atoms. The Morgan fingerprint density at radius 2 is 1.71 bits per heavy atom. The normalized spacial score (nSPS) is 13.0. The van der Waals surface area contributed by atoms with Crippen molar-refractivity contribution >= 4 is 34.4 Å². The highest BCUT2D eigenvalue weighted by Crippen LogP contribution is 2.44. The number of carbonyl (C=O) groups excluding carboxylic acids is 2. The number of carboxylic acids is 1. The maximum absolute atomic E-state index is 12.5. The van der Waals surface area contributed by atoms with E-state index < -0.39 is 24.0 Å². The SMILES string of the molecule is CCCC(NC(=O)c1sc(NC(=O)OCC2c3ccccc3-c3ccccc32)nc1C)C(=O)O. The van der Waals surface area contributed by atoms with Crippen LogP contribution in [0.15, 0.2) is 48.5 Å². The molecule has 0 radical (unpaired) electrons. The molecule has 3 aromatic rings. The predicted octanol–water partition coefficient (Wildman–Crippen LogP) is 4.80. The van der Waals surface area contributed by atoms with E-state index in [1.54, 1.807) is 6.92 Å². The van der Waals surface area contributed by atoms with Gasteiger partial charge in [-0.2, -0.15) is 0 Å². The molecule has 0 saturated carbocycles. The predicted molar refractivity (Wildman–Crippen MR) is 129 cm³/mol. The molecule has 0 saturated heterocycles. The number of carbonyl (C=O) groups is 3. The standard InChI is InChI=1S/C25H25N3O5S/c1-3-8-20(23(30)31)27-22(29)21-14(2)26-24(34-21)28-25(32)33-13-19-17-11-6-4-9-15(17)16-10-5-7-12-18(16)19/h4-7,9-12,19-20H,3,8,13H2,1-2H3,(H,27,29)(H,30,31)(H,26,28,32). The number of nitrogens with one attached hydrogen (secondary N) is 2. The van der Waals surface area contributed by atoms with Crippen molar-refractivity contribution in [3.05, 3.63) is 70.2 Å². The average molecular weight is 480 g/mol. The van der Waals surface area contributed by atoms with E-state index in [1.165, 1.54) is 0 Å². The van der Waals surface area contributed by atoms with E-state index >= 15 is 0 Å². The molecule has 0 aliphatic heterocycles. The molecule has 34 heavy (non-hydrogen) atoms. The minimum absolute atomic E-state index is 0.0657.